The van der Waals surface area contributed by atoms with Gasteiger partial charge in [0.15, 0.2) is 6.61 Å². The molecule has 0 atom stereocenters. The number of para-hydroxylation sites is 1. The zero-order valence-electron chi connectivity index (χ0n) is 16.4. The van der Waals surface area contributed by atoms with Crippen molar-refractivity contribution in [3.63, 3.8) is 0 Å². The van der Waals surface area contributed by atoms with Crippen molar-refractivity contribution in [2.45, 2.75) is 32.6 Å². The number of fused-ring (bicyclic) bond motifs is 1. The number of esters is 1. The molecule has 1 aliphatic rings. The molecule has 6 nitrogen and oxygen atoms in total. The highest BCUT2D eigenvalue weighted by Gasteiger charge is 2.16. The summed E-state index contributed by atoms with van der Waals surface area (Å²) in [6, 6.07) is 17.0. The second-order valence-corrected chi connectivity index (χ2v) is 7.23. The number of aryl methyl sites for hydroxylation is 3. The van der Waals surface area contributed by atoms with Gasteiger partial charge in [0.2, 0.25) is 0 Å². The molecule has 1 N–H and O–H groups in total. The van der Waals surface area contributed by atoms with E-state index in [1.54, 1.807) is 16.8 Å². The number of amides is 1. The number of aromatic nitrogens is 2. The maximum Gasteiger partial charge on any atom is 0.338 e. The first-order valence-electron chi connectivity index (χ1n) is 9.81. The van der Waals surface area contributed by atoms with Gasteiger partial charge in [-0.15, -0.1) is 0 Å². The molecule has 0 bridgehead atoms. The summed E-state index contributed by atoms with van der Waals surface area (Å²) >= 11 is 0. The monoisotopic (exact) mass is 389 g/mol. The number of ether oxygens (including phenoxy) is 1. The SMILES string of the molecule is Cc1cc(NC(=O)COC(=O)c2ccc3c(c2)CCCC3)n(-c2ccccc2)n1. The number of benzene rings is 2. The Morgan fingerprint density at radius 2 is 1.79 bits per heavy atom. The van der Waals surface area contributed by atoms with Crippen LogP contribution in [0.25, 0.3) is 5.69 Å². The van der Waals surface area contributed by atoms with Crippen LogP contribution in [0.5, 0.6) is 0 Å². The zero-order chi connectivity index (χ0) is 20.2. The predicted molar refractivity (Wildman–Crippen MR) is 110 cm³/mol. The van der Waals surface area contributed by atoms with Gasteiger partial charge < -0.3 is 10.1 Å². The fourth-order valence-corrected chi connectivity index (χ4v) is 3.61. The molecule has 0 unspecified atom stereocenters. The first-order valence-corrected chi connectivity index (χ1v) is 9.81. The summed E-state index contributed by atoms with van der Waals surface area (Å²) in [4.78, 5) is 24.7. The third-order valence-electron chi connectivity index (χ3n) is 5.02. The minimum atomic E-state index is -0.485. The van der Waals surface area contributed by atoms with E-state index in [1.165, 1.54) is 17.5 Å². The van der Waals surface area contributed by atoms with Gasteiger partial charge >= 0.3 is 5.97 Å². The van der Waals surface area contributed by atoms with Gasteiger partial charge in [0.25, 0.3) is 5.91 Å². The Bertz CT molecular complexity index is 1040. The van der Waals surface area contributed by atoms with Crippen molar-refractivity contribution in [2.75, 3.05) is 11.9 Å². The van der Waals surface area contributed by atoms with Crippen LogP contribution < -0.4 is 5.32 Å². The van der Waals surface area contributed by atoms with E-state index in [2.05, 4.69) is 10.4 Å². The molecule has 0 saturated carbocycles. The molecule has 1 heterocycles. The number of nitrogens with one attached hydrogen (secondary N) is 1. The summed E-state index contributed by atoms with van der Waals surface area (Å²) in [5.41, 5.74) is 4.60. The lowest BCUT2D eigenvalue weighted by Crippen LogP contribution is -2.22. The van der Waals surface area contributed by atoms with E-state index in [0.717, 1.165) is 30.6 Å². The number of carbonyl (C=O) groups excluding carboxylic acids is 2. The molecule has 4 rings (SSSR count). The third kappa shape index (κ3) is 4.37. The molecule has 6 heteroatoms. The lowest BCUT2D eigenvalue weighted by Gasteiger charge is -2.16. The summed E-state index contributed by atoms with van der Waals surface area (Å²) in [5.74, 6) is -0.363. The van der Waals surface area contributed by atoms with Crippen molar-refractivity contribution >= 4 is 17.7 Å². The summed E-state index contributed by atoms with van der Waals surface area (Å²) in [5, 5.41) is 7.18. The number of hydrogen-bond acceptors (Lipinski definition) is 4. The zero-order valence-corrected chi connectivity index (χ0v) is 16.4. The van der Waals surface area contributed by atoms with Crippen molar-refractivity contribution in [3.8, 4) is 5.69 Å². The minimum Gasteiger partial charge on any atom is -0.452 e. The van der Waals surface area contributed by atoms with Crippen LogP contribution in [-0.4, -0.2) is 28.3 Å². The third-order valence-corrected chi connectivity index (χ3v) is 5.02. The average molecular weight is 389 g/mol. The maximum atomic E-state index is 12.4. The van der Waals surface area contributed by atoms with Crippen molar-refractivity contribution in [1.82, 2.24) is 9.78 Å². The molecule has 3 aromatic rings. The lowest BCUT2D eigenvalue weighted by molar-refractivity contribution is -0.119. The van der Waals surface area contributed by atoms with Gasteiger partial charge in [0, 0.05) is 6.07 Å². The fraction of sp³-hybridized carbons (Fsp3) is 0.261. The smallest absolute Gasteiger partial charge is 0.338 e. The molecular weight excluding hydrogens is 366 g/mol. The average Bonchev–Trinajstić information content (AvgIpc) is 3.12. The van der Waals surface area contributed by atoms with Gasteiger partial charge in [0.05, 0.1) is 16.9 Å². The summed E-state index contributed by atoms with van der Waals surface area (Å²) in [6.45, 7) is 1.50. The molecule has 29 heavy (non-hydrogen) atoms. The minimum absolute atomic E-state index is 0.352. The lowest BCUT2D eigenvalue weighted by atomic mass is 9.90. The van der Waals surface area contributed by atoms with E-state index >= 15 is 0 Å². The van der Waals surface area contributed by atoms with Crippen molar-refractivity contribution in [2.24, 2.45) is 0 Å². The number of carbonyl (C=O) groups is 2. The predicted octanol–water partition coefficient (Wildman–Crippen LogP) is 3.86. The van der Waals surface area contributed by atoms with Crippen molar-refractivity contribution < 1.29 is 14.3 Å². The Balaban J connectivity index is 1.39. The maximum absolute atomic E-state index is 12.4. The van der Waals surface area contributed by atoms with Crippen LogP contribution >= 0.6 is 0 Å². The van der Waals surface area contributed by atoms with Gasteiger partial charge in [-0.05, 0) is 68.0 Å². The van der Waals surface area contributed by atoms with Crippen LogP contribution in [0.1, 0.15) is 40.0 Å². The van der Waals surface area contributed by atoms with Crippen LogP contribution in [0.4, 0.5) is 5.82 Å². The summed E-state index contributed by atoms with van der Waals surface area (Å²) < 4.78 is 6.88. The standard InChI is InChI=1S/C23H23N3O3/c1-16-13-21(26(25-16)20-9-3-2-4-10-20)24-22(27)15-29-23(28)19-12-11-17-7-5-6-8-18(17)14-19/h2-4,9-14H,5-8,15H2,1H3,(H,24,27). The largest absolute Gasteiger partial charge is 0.452 e. The normalized spacial score (nSPS) is 12.9. The number of anilines is 1. The molecule has 0 saturated heterocycles. The second kappa shape index (κ2) is 8.31. The molecule has 148 valence electrons. The van der Waals surface area contributed by atoms with Gasteiger partial charge in [-0.1, -0.05) is 24.3 Å². The van der Waals surface area contributed by atoms with E-state index in [1.807, 2.05) is 49.4 Å². The molecule has 0 radical (unpaired) electrons. The highest BCUT2D eigenvalue weighted by atomic mass is 16.5. The molecule has 0 fully saturated rings. The van der Waals surface area contributed by atoms with Gasteiger partial charge in [0.1, 0.15) is 5.82 Å². The van der Waals surface area contributed by atoms with Crippen LogP contribution in [-0.2, 0) is 22.4 Å². The van der Waals surface area contributed by atoms with E-state index in [0.29, 0.717) is 11.4 Å². The molecule has 1 aromatic heterocycles. The Kier molecular flexibility index (Phi) is 5.42. The summed E-state index contributed by atoms with van der Waals surface area (Å²) in [7, 11) is 0. The Morgan fingerprint density at radius 3 is 2.59 bits per heavy atom. The number of hydrogen-bond donors (Lipinski definition) is 1. The fourth-order valence-electron chi connectivity index (χ4n) is 3.61. The quantitative estimate of drug-likeness (QED) is 0.673. The topological polar surface area (TPSA) is 73.2 Å². The van der Waals surface area contributed by atoms with Crippen molar-refractivity contribution in [1.29, 1.82) is 0 Å². The number of rotatable bonds is 5. The summed E-state index contributed by atoms with van der Waals surface area (Å²) in [6.07, 6.45) is 4.37. The molecule has 0 spiro atoms. The molecule has 1 amide bonds. The van der Waals surface area contributed by atoms with Gasteiger partial charge in [-0.25, -0.2) is 9.48 Å². The Labute approximate surface area is 169 Å². The first-order chi connectivity index (χ1) is 14.1. The van der Waals surface area contributed by atoms with Crippen LogP contribution in [0.15, 0.2) is 54.6 Å². The molecule has 2 aromatic carbocycles. The van der Waals surface area contributed by atoms with Gasteiger partial charge in [-0.3, -0.25) is 4.79 Å². The number of nitrogens with zero attached hydrogens (tertiary/aromatic N) is 2. The molecular formula is C23H23N3O3. The Hall–Kier alpha value is -3.41. The Morgan fingerprint density at radius 1 is 1.03 bits per heavy atom. The highest BCUT2D eigenvalue weighted by Crippen LogP contribution is 2.22. The van der Waals surface area contributed by atoms with Crippen LogP contribution in [0, 0.1) is 6.92 Å². The van der Waals surface area contributed by atoms with Crippen LogP contribution in [0.3, 0.4) is 0 Å². The van der Waals surface area contributed by atoms with E-state index in [4.69, 9.17) is 4.74 Å². The first kappa shape index (κ1) is 18.9. The molecule has 1 aliphatic carbocycles. The van der Waals surface area contributed by atoms with E-state index < -0.39 is 11.9 Å². The van der Waals surface area contributed by atoms with Crippen molar-refractivity contribution in [3.05, 3.63) is 77.0 Å². The highest BCUT2D eigenvalue weighted by molar-refractivity contribution is 5.95. The molecule has 0 aliphatic heterocycles. The van der Waals surface area contributed by atoms with Gasteiger partial charge in [-0.2, -0.15) is 5.10 Å². The van der Waals surface area contributed by atoms with E-state index in [9.17, 15) is 9.59 Å². The van der Waals surface area contributed by atoms with E-state index in [-0.39, 0.29) is 6.61 Å². The second-order valence-electron chi connectivity index (χ2n) is 7.23. The van der Waals surface area contributed by atoms with Crippen LogP contribution in [0.2, 0.25) is 0 Å².